The first-order chi connectivity index (χ1) is 8.70. The predicted octanol–water partition coefficient (Wildman–Crippen LogP) is 4.80. The molecule has 0 heterocycles. The van der Waals surface area contributed by atoms with Gasteiger partial charge in [0.25, 0.3) is 0 Å². The molecule has 0 fully saturated rings. The van der Waals surface area contributed by atoms with E-state index < -0.39 is 0 Å². The van der Waals surface area contributed by atoms with Crippen LogP contribution in [0.15, 0.2) is 24.3 Å². The third-order valence-corrected chi connectivity index (χ3v) is 2.77. The lowest BCUT2D eigenvalue weighted by Gasteiger charge is -2.10. The molecule has 1 atom stereocenters. The fourth-order valence-electron chi connectivity index (χ4n) is 1.71. The number of carbonyl (C=O) groups is 1. The Bertz CT molecular complexity index is 254. The van der Waals surface area contributed by atoms with Crippen molar-refractivity contribution in [2.24, 2.45) is 0 Å². The van der Waals surface area contributed by atoms with Gasteiger partial charge in [-0.15, -0.1) is 0 Å². The Morgan fingerprint density at radius 2 is 1.72 bits per heavy atom. The van der Waals surface area contributed by atoms with E-state index in [-0.39, 0.29) is 12.1 Å². The second kappa shape index (κ2) is 12.4. The Labute approximate surface area is 112 Å². The number of carbonyl (C=O) groups excluding carboxylic acids is 1. The van der Waals surface area contributed by atoms with Crippen molar-refractivity contribution in [3.63, 3.8) is 0 Å². The van der Waals surface area contributed by atoms with Crippen LogP contribution in [-0.2, 0) is 9.53 Å². The van der Waals surface area contributed by atoms with Crippen molar-refractivity contribution < 1.29 is 9.53 Å². The van der Waals surface area contributed by atoms with Crippen LogP contribution in [0.1, 0.15) is 65.7 Å². The molecule has 0 aliphatic heterocycles. The van der Waals surface area contributed by atoms with Gasteiger partial charge < -0.3 is 4.74 Å². The molecule has 0 N–H and O–H groups in total. The maximum absolute atomic E-state index is 11.5. The van der Waals surface area contributed by atoms with Gasteiger partial charge in [0.05, 0.1) is 0 Å². The van der Waals surface area contributed by atoms with E-state index in [1.807, 2.05) is 32.9 Å². The minimum Gasteiger partial charge on any atom is -0.462 e. The summed E-state index contributed by atoms with van der Waals surface area (Å²) in [5, 5.41) is 0. The molecule has 0 spiro atoms. The molecule has 0 radical (unpaired) electrons. The lowest BCUT2D eigenvalue weighted by Crippen LogP contribution is -2.13. The van der Waals surface area contributed by atoms with Gasteiger partial charge >= 0.3 is 5.97 Å². The van der Waals surface area contributed by atoms with Gasteiger partial charge in [0.15, 0.2) is 0 Å². The molecule has 104 valence electrons. The molecule has 0 bridgehead atoms. The Hall–Kier alpha value is -1.05. The average Bonchev–Trinajstić information content (AvgIpc) is 2.35. The smallest absolute Gasteiger partial charge is 0.306 e. The van der Waals surface area contributed by atoms with E-state index in [1.165, 1.54) is 12.8 Å². The number of rotatable bonds is 10. The molecule has 0 amide bonds. The third-order valence-electron chi connectivity index (χ3n) is 2.77. The first-order valence-corrected chi connectivity index (χ1v) is 7.12. The SMILES string of the molecule is CC=CCCCCCCC(=O)OC(C)C/C=C/C. The van der Waals surface area contributed by atoms with Gasteiger partial charge in [-0.1, -0.05) is 37.1 Å². The van der Waals surface area contributed by atoms with Gasteiger partial charge in [-0.25, -0.2) is 0 Å². The maximum atomic E-state index is 11.5. The molecule has 0 saturated carbocycles. The lowest BCUT2D eigenvalue weighted by atomic mass is 10.1. The summed E-state index contributed by atoms with van der Waals surface area (Å²) in [5.74, 6) is -0.0551. The number of hydrogen-bond donors (Lipinski definition) is 0. The highest BCUT2D eigenvalue weighted by Crippen LogP contribution is 2.08. The predicted molar refractivity (Wildman–Crippen MR) is 77.5 cm³/mol. The fraction of sp³-hybridized carbons (Fsp3) is 0.688. The molecule has 1 unspecified atom stereocenters. The highest BCUT2D eigenvalue weighted by Gasteiger charge is 2.07. The van der Waals surface area contributed by atoms with Crippen molar-refractivity contribution in [1.29, 1.82) is 0 Å². The van der Waals surface area contributed by atoms with Crippen LogP contribution in [0, 0.1) is 0 Å². The Balaban J connectivity index is 3.41. The summed E-state index contributed by atoms with van der Waals surface area (Å²) in [6.07, 6.45) is 15.3. The number of esters is 1. The summed E-state index contributed by atoms with van der Waals surface area (Å²) in [7, 11) is 0. The van der Waals surface area contributed by atoms with Crippen LogP contribution in [0.4, 0.5) is 0 Å². The summed E-state index contributed by atoms with van der Waals surface area (Å²) >= 11 is 0. The molecular weight excluding hydrogens is 224 g/mol. The van der Waals surface area contributed by atoms with E-state index in [1.54, 1.807) is 0 Å². The minimum atomic E-state index is -0.0551. The summed E-state index contributed by atoms with van der Waals surface area (Å²) in [5.41, 5.74) is 0. The zero-order valence-electron chi connectivity index (χ0n) is 12.2. The van der Waals surface area contributed by atoms with Gasteiger partial charge in [0, 0.05) is 12.8 Å². The molecular formula is C16H28O2. The van der Waals surface area contributed by atoms with Crippen LogP contribution in [0.2, 0.25) is 0 Å². The van der Waals surface area contributed by atoms with Gasteiger partial charge in [0.2, 0.25) is 0 Å². The first kappa shape index (κ1) is 16.9. The molecule has 18 heavy (non-hydrogen) atoms. The number of allylic oxidation sites excluding steroid dienone is 3. The van der Waals surface area contributed by atoms with Crippen molar-refractivity contribution in [2.75, 3.05) is 0 Å². The van der Waals surface area contributed by atoms with Gasteiger partial charge in [-0.05, 0) is 40.0 Å². The molecule has 0 aromatic heterocycles. The minimum absolute atomic E-state index is 0.00314. The van der Waals surface area contributed by atoms with Crippen molar-refractivity contribution in [2.45, 2.75) is 71.8 Å². The van der Waals surface area contributed by atoms with Crippen LogP contribution >= 0.6 is 0 Å². The van der Waals surface area contributed by atoms with Crippen LogP contribution < -0.4 is 0 Å². The topological polar surface area (TPSA) is 26.3 Å². The van der Waals surface area contributed by atoms with Gasteiger partial charge in [-0.3, -0.25) is 4.79 Å². The molecule has 0 aromatic rings. The summed E-state index contributed by atoms with van der Waals surface area (Å²) in [4.78, 5) is 11.5. The Kier molecular flexibility index (Phi) is 11.7. The van der Waals surface area contributed by atoms with Crippen molar-refractivity contribution in [3.05, 3.63) is 24.3 Å². The zero-order valence-corrected chi connectivity index (χ0v) is 12.2. The van der Waals surface area contributed by atoms with E-state index >= 15 is 0 Å². The Morgan fingerprint density at radius 1 is 1.06 bits per heavy atom. The standard InChI is InChI=1S/C16H28O2/c1-4-6-8-9-10-11-12-14-16(17)18-15(3)13-7-5-2/h4-7,15H,8-14H2,1-3H3/b6-4?,7-5+. The Morgan fingerprint density at radius 3 is 2.39 bits per heavy atom. The van der Waals surface area contributed by atoms with E-state index in [2.05, 4.69) is 12.2 Å². The number of ether oxygens (including phenoxy) is 1. The zero-order chi connectivity index (χ0) is 13.6. The molecule has 2 heteroatoms. The second-order valence-electron chi connectivity index (χ2n) is 4.63. The molecule has 0 aliphatic rings. The summed E-state index contributed by atoms with van der Waals surface area (Å²) < 4.78 is 5.30. The van der Waals surface area contributed by atoms with Crippen LogP contribution in [0.5, 0.6) is 0 Å². The van der Waals surface area contributed by atoms with E-state index in [0.29, 0.717) is 6.42 Å². The first-order valence-electron chi connectivity index (χ1n) is 7.12. The highest BCUT2D eigenvalue weighted by molar-refractivity contribution is 5.69. The van der Waals surface area contributed by atoms with Crippen molar-refractivity contribution in [3.8, 4) is 0 Å². The maximum Gasteiger partial charge on any atom is 0.306 e. The molecule has 0 rings (SSSR count). The van der Waals surface area contributed by atoms with Gasteiger partial charge in [0.1, 0.15) is 6.10 Å². The monoisotopic (exact) mass is 252 g/mol. The number of unbranched alkanes of at least 4 members (excludes halogenated alkanes) is 4. The summed E-state index contributed by atoms with van der Waals surface area (Å²) in [6, 6.07) is 0. The molecule has 0 aromatic carbocycles. The van der Waals surface area contributed by atoms with Crippen LogP contribution in [-0.4, -0.2) is 12.1 Å². The summed E-state index contributed by atoms with van der Waals surface area (Å²) in [6.45, 7) is 5.96. The van der Waals surface area contributed by atoms with Crippen LogP contribution in [0.3, 0.4) is 0 Å². The van der Waals surface area contributed by atoms with E-state index in [4.69, 9.17) is 4.74 Å². The van der Waals surface area contributed by atoms with Crippen molar-refractivity contribution in [1.82, 2.24) is 0 Å². The van der Waals surface area contributed by atoms with Crippen molar-refractivity contribution >= 4 is 5.97 Å². The highest BCUT2D eigenvalue weighted by atomic mass is 16.5. The van der Waals surface area contributed by atoms with E-state index in [0.717, 1.165) is 25.7 Å². The fourth-order valence-corrected chi connectivity index (χ4v) is 1.71. The average molecular weight is 252 g/mol. The third kappa shape index (κ3) is 11.4. The molecule has 0 saturated heterocycles. The van der Waals surface area contributed by atoms with Crippen LogP contribution in [0.25, 0.3) is 0 Å². The normalized spacial score (nSPS) is 13.3. The van der Waals surface area contributed by atoms with Gasteiger partial charge in [-0.2, -0.15) is 0 Å². The van der Waals surface area contributed by atoms with E-state index in [9.17, 15) is 4.79 Å². The quantitative estimate of drug-likeness (QED) is 0.317. The number of hydrogen-bond acceptors (Lipinski definition) is 2. The molecule has 2 nitrogen and oxygen atoms in total. The largest absolute Gasteiger partial charge is 0.462 e. The second-order valence-corrected chi connectivity index (χ2v) is 4.63. The lowest BCUT2D eigenvalue weighted by molar-refractivity contribution is -0.148. The molecule has 0 aliphatic carbocycles.